The van der Waals surface area contributed by atoms with Gasteiger partial charge in [0.1, 0.15) is 23.9 Å². The van der Waals surface area contributed by atoms with Gasteiger partial charge in [-0.1, -0.05) is 36.4 Å². The highest BCUT2D eigenvalue weighted by molar-refractivity contribution is 6.04. The van der Waals surface area contributed by atoms with Crippen LogP contribution in [0, 0.1) is 5.82 Å². The van der Waals surface area contributed by atoms with Crippen molar-refractivity contribution in [3.05, 3.63) is 108 Å². The first-order valence-corrected chi connectivity index (χ1v) is 9.73. The molecule has 0 saturated heterocycles. The minimum absolute atomic E-state index is 0.0454. The zero-order valence-electron chi connectivity index (χ0n) is 16.9. The van der Waals surface area contributed by atoms with Crippen LogP contribution in [0.25, 0.3) is 5.69 Å². The Morgan fingerprint density at radius 2 is 1.75 bits per heavy atom. The number of halogens is 1. The fraction of sp³-hybridized carbons (Fsp3) is 0.0417. The van der Waals surface area contributed by atoms with Crippen LogP contribution in [0.5, 0.6) is 5.75 Å². The predicted molar refractivity (Wildman–Crippen MR) is 117 cm³/mol. The molecule has 8 heteroatoms. The number of amides is 2. The van der Waals surface area contributed by atoms with E-state index in [0.29, 0.717) is 17.1 Å². The Morgan fingerprint density at radius 3 is 2.50 bits per heavy atom. The topological polar surface area (TPSA) is 99.2 Å². The summed E-state index contributed by atoms with van der Waals surface area (Å²) in [6, 6.07) is 23.2. The van der Waals surface area contributed by atoms with Gasteiger partial charge in [0, 0.05) is 17.8 Å². The molecule has 32 heavy (non-hydrogen) atoms. The molecule has 0 aliphatic rings. The molecule has 0 aliphatic heterocycles. The Labute approximate surface area is 183 Å². The quantitative estimate of drug-likeness (QED) is 0.464. The summed E-state index contributed by atoms with van der Waals surface area (Å²) in [6.07, 6.45) is 0. The number of nitrogens with two attached hydrogens (primary N) is 1. The lowest BCUT2D eigenvalue weighted by atomic mass is 10.2. The van der Waals surface area contributed by atoms with Crippen LogP contribution in [-0.2, 0) is 6.61 Å². The number of para-hydroxylation sites is 1. The summed E-state index contributed by atoms with van der Waals surface area (Å²) in [5, 5.41) is 7.00. The molecule has 1 heterocycles. The van der Waals surface area contributed by atoms with E-state index >= 15 is 0 Å². The van der Waals surface area contributed by atoms with Crippen LogP contribution in [0.3, 0.4) is 0 Å². The minimum Gasteiger partial charge on any atom is -0.489 e. The first-order valence-electron chi connectivity index (χ1n) is 9.73. The molecule has 3 aromatic carbocycles. The predicted octanol–water partition coefficient (Wildman–Crippen LogP) is 3.94. The number of carbonyl (C=O) groups excluding carboxylic acids is 2. The Kier molecular flexibility index (Phi) is 5.94. The van der Waals surface area contributed by atoms with Gasteiger partial charge < -0.3 is 15.8 Å². The Bertz CT molecular complexity index is 1270. The average Bonchev–Trinajstić information content (AvgIpc) is 3.25. The third kappa shape index (κ3) is 4.81. The van der Waals surface area contributed by atoms with Gasteiger partial charge >= 0.3 is 0 Å². The summed E-state index contributed by atoms with van der Waals surface area (Å²) in [4.78, 5) is 24.6. The van der Waals surface area contributed by atoms with Gasteiger partial charge in [-0.15, -0.1) is 0 Å². The van der Waals surface area contributed by atoms with Crippen LogP contribution < -0.4 is 15.8 Å². The van der Waals surface area contributed by atoms with Crippen LogP contribution in [0.1, 0.15) is 26.5 Å². The summed E-state index contributed by atoms with van der Waals surface area (Å²) < 4.78 is 20.2. The van der Waals surface area contributed by atoms with Crippen LogP contribution in [0.15, 0.2) is 84.9 Å². The van der Waals surface area contributed by atoms with E-state index in [-0.39, 0.29) is 23.8 Å². The van der Waals surface area contributed by atoms with Crippen molar-refractivity contribution in [2.75, 3.05) is 5.32 Å². The number of aromatic nitrogens is 2. The molecular formula is C24H19FN4O3. The normalized spacial score (nSPS) is 10.5. The number of rotatable bonds is 7. The third-order valence-corrected chi connectivity index (χ3v) is 4.58. The number of nitrogens with zero attached hydrogens (tertiary/aromatic N) is 2. The van der Waals surface area contributed by atoms with Crippen molar-refractivity contribution in [3.63, 3.8) is 0 Å². The largest absolute Gasteiger partial charge is 0.489 e. The second-order valence-electron chi connectivity index (χ2n) is 6.93. The fourth-order valence-electron chi connectivity index (χ4n) is 3.09. The van der Waals surface area contributed by atoms with E-state index in [2.05, 4.69) is 10.4 Å². The highest BCUT2D eigenvalue weighted by atomic mass is 19.1. The number of ether oxygens (including phenoxy) is 1. The molecule has 0 aliphatic carbocycles. The summed E-state index contributed by atoms with van der Waals surface area (Å²) in [5.41, 5.74) is 7.51. The molecule has 2 amide bonds. The molecule has 160 valence electrons. The van der Waals surface area contributed by atoms with Crippen molar-refractivity contribution < 1.29 is 18.7 Å². The monoisotopic (exact) mass is 430 g/mol. The molecule has 0 unspecified atom stereocenters. The van der Waals surface area contributed by atoms with Crippen LogP contribution >= 0.6 is 0 Å². The molecule has 1 aromatic heterocycles. The lowest BCUT2D eigenvalue weighted by molar-refractivity contribution is 0.0991. The highest BCUT2D eigenvalue weighted by Gasteiger charge is 2.18. The van der Waals surface area contributed by atoms with Gasteiger partial charge in [-0.3, -0.25) is 9.59 Å². The van der Waals surface area contributed by atoms with Crippen molar-refractivity contribution in [2.45, 2.75) is 6.61 Å². The number of primary amides is 1. The number of carbonyl (C=O) groups is 2. The first kappa shape index (κ1) is 20.8. The zero-order valence-corrected chi connectivity index (χ0v) is 16.9. The van der Waals surface area contributed by atoms with Crippen molar-refractivity contribution in [2.24, 2.45) is 5.73 Å². The Hall–Kier alpha value is -4.46. The van der Waals surface area contributed by atoms with Crippen LogP contribution in [0.2, 0.25) is 0 Å². The lowest BCUT2D eigenvalue weighted by Crippen LogP contribution is -2.16. The lowest BCUT2D eigenvalue weighted by Gasteiger charge is -2.09. The van der Waals surface area contributed by atoms with Crippen molar-refractivity contribution in [1.82, 2.24) is 9.78 Å². The fourth-order valence-corrected chi connectivity index (χ4v) is 3.09. The minimum atomic E-state index is -0.697. The second kappa shape index (κ2) is 9.13. The number of benzene rings is 3. The van der Waals surface area contributed by atoms with Crippen LogP contribution in [-0.4, -0.2) is 21.6 Å². The number of anilines is 1. The second-order valence-corrected chi connectivity index (χ2v) is 6.93. The van der Waals surface area contributed by atoms with E-state index in [0.717, 1.165) is 5.56 Å². The molecule has 4 aromatic rings. The van der Waals surface area contributed by atoms with E-state index in [9.17, 15) is 14.0 Å². The Balaban J connectivity index is 1.49. The zero-order chi connectivity index (χ0) is 22.5. The van der Waals surface area contributed by atoms with Crippen molar-refractivity contribution >= 4 is 17.5 Å². The molecule has 0 bridgehead atoms. The van der Waals surface area contributed by atoms with Gasteiger partial charge in [0.25, 0.3) is 11.8 Å². The highest BCUT2D eigenvalue weighted by Crippen LogP contribution is 2.18. The molecule has 7 nitrogen and oxygen atoms in total. The summed E-state index contributed by atoms with van der Waals surface area (Å²) in [6.45, 7) is 0.196. The van der Waals surface area contributed by atoms with Gasteiger partial charge in [-0.05, 0) is 42.0 Å². The first-order chi connectivity index (χ1) is 15.5. The Morgan fingerprint density at radius 1 is 0.969 bits per heavy atom. The smallest absolute Gasteiger partial charge is 0.276 e. The molecule has 0 saturated carbocycles. The van der Waals surface area contributed by atoms with Crippen molar-refractivity contribution in [3.8, 4) is 11.4 Å². The van der Waals surface area contributed by atoms with E-state index in [1.165, 1.54) is 22.9 Å². The molecule has 3 N–H and O–H groups in total. The van der Waals surface area contributed by atoms with Gasteiger partial charge in [-0.2, -0.15) is 5.10 Å². The summed E-state index contributed by atoms with van der Waals surface area (Å²) in [7, 11) is 0. The maximum Gasteiger partial charge on any atom is 0.276 e. The maximum atomic E-state index is 13.3. The van der Waals surface area contributed by atoms with Gasteiger partial charge in [0.2, 0.25) is 0 Å². The van der Waals surface area contributed by atoms with E-state index in [1.54, 1.807) is 54.6 Å². The maximum absolute atomic E-state index is 13.3. The van der Waals surface area contributed by atoms with Crippen molar-refractivity contribution in [1.29, 1.82) is 0 Å². The van der Waals surface area contributed by atoms with E-state index in [4.69, 9.17) is 10.5 Å². The standard InChI is InChI=1S/C24H19FN4O3/c25-17-7-5-11-20(13-17)32-15-16-6-4-8-18(12-16)27-24(31)21-14-22(23(26)30)29(28-21)19-9-2-1-3-10-19/h1-14H,15H2,(H2,26,30)(H,27,31). The number of nitrogens with one attached hydrogen (secondary N) is 1. The third-order valence-electron chi connectivity index (χ3n) is 4.58. The van der Waals surface area contributed by atoms with Crippen LogP contribution in [0.4, 0.5) is 10.1 Å². The van der Waals surface area contributed by atoms with E-state index < -0.39 is 11.8 Å². The SMILES string of the molecule is NC(=O)c1cc(C(=O)Nc2cccc(COc3cccc(F)c3)c2)nn1-c1ccccc1. The van der Waals surface area contributed by atoms with Gasteiger partial charge in [0.15, 0.2) is 5.69 Å². The van der Waals surface area contributed by atoms with Gasteiger partial charge in [-0.25, -0.2) is 9.07 Å². The molecule has 4 rings (SSSR count). The molecule has 0 atom stereocenters. The summed E-state index contributed by atoms with van der Waals surface area (Å²) >= 11 is 0. The van der Waals surface area contributed by atoms with E-state index in [1.807, 2.05) is 12.1 Å². The molecule has 0 spiro atoms. The molecular weight excluding hydrogens is 411 g/mol. The molecule has 0 fully saturated rings. The van der Waals surface area contributed by atoms with Gasteiger partial charge in [0.05, 0.1) is 5.69 Å². The number of hydrogen-bond donors (Lipinski definition) is 2. The molecule has 0 radical (unpaired) electrons. The number of hydrogen-bond acceptors (Lipinski definition) is 4. The average molecular weight is 430 g/mol. The summed E-state index contributed by atoms with van der Waals surface area (Å²) in [5.74, 6) is -1.17.